The molecule has 0 aliphatic rings. The van der Waals surface area contributed by atoms with E-state index < -0.39 is 35.5 Å². The van der Waals surface area contributed by atoms with Crippen LogP contribution in [0.15, 0.2) is 24.3 Å². The van der Waals surface area contributed by atoms with Crippen molar-refractivity contribution in [3.8, 4) is 0 Å². The number of carbonyl (C=O) groups excluding carboxylic acids is 2. The molecule has 1 rings (SSSR count). The first kappa shape index (κ1) is 17.0. The van der Waals surface area contributed by atoms with E-state index in [0.717, 1.165) is 24.0 Å². The van der Waals surface area contributed by atoms with E-state index in [2.05, 4.69) is 0 Å². The number of hydrogen-bond donors (Lipinski definition) is 0. The number of rotatable bonds is 4. The van der Waals surface area contributed by atoms with E-state index in [1.807, 2.05) is 0 Å². The summed E-state index contributed by atoms with van der Waals surface area (Å²) in [5.74, 6) is -2.00. The molecule has 0 fully saturated rings. The van der Waals surface area contributed by atoms with E-state index >= 15 is 0 Å². The van der Waals surface area contributed by atoms with Crippen LogP contribution in [-0.4, -0.2) is 17.9 Å². The van der Waals surface area contributed by atoms with Crippen molar-refractivity contribution in [2.24, 2.45) is 5.92 Å². The van der Waals surface area contributed by atoms with Gasteiger partial charge in [0, 0.05) is 12.6 Å². The fourth-order valence-corrected chi connectivity index (χ4v) is 2.09. The minimum Gasteiger partial charge on any atom is -0.300 e. The van der Waals surface area contributed by atoms with Gasteiger partial charge < -0.3 is 0 Å². The average Bonchev–Trinajstić information content (AvgIpc) is 2.33. The van der Waals surface area contributed by atoms with Crippen molar-refractivity contribution >= 4 is 17.5 Å². The van der Waals surface area contributed by atoms with Gasteiger partial charge in [-0.05, 0) is 24.1 Å². The van der Waals surface area contributed by atoms with Crippen LogP contribution in [0.1, 0.15) is 26.3 Å². The Morgan fingerprint density at radius 3 is 2.19 bits per heavy atom. The van der Waals surface area contributed by atoms with E-state index in [1.54, 1.807) is 13.8 Å². The van der Waals surface area contributed by atoms with Crippen LogP contribution in [0.3, 0.4) is 0 Å². The first-order valence-corrected chi connectivity index (χ1v) is 6.28. The fraction of sp³-hybridized carbons (Fsp3) is 0.429. The number of hydrogen-bond acceptors (Lipinski definition) is 2. The molecule has 0 bridgehead atoms. The summed E-state index contributed by atoms with van der Waals surface area (Å²) >= 11 is 0. The number of alkyl halides is 3. The molecule has 1 radical (unpaired) electrons. The van der Waals surface area contributed by atoms with Gasteiger partial charge in [-0.1, -0.05) is 19.9 Å². The van der Waals surface area contributed by atoms with Gasteiger partial charge in [0.1, 0.15) is 6.04 Å². The lowest BCUT2D eigenvalue weighted by atomic mass is 10.0. The number of amides is 2. The molecule has 7 heteroatoms. The van der Waals surface area contributed by atoms with Crippen LogP contribution >= 0.6 is 0 Å². The van der Waals surface area contributed by atoms with Crippen molar-refractivity contribution in [3.63, 3.8) is 0 Å². The summed E-state index contributed by atoms with van der Waals surface area (Å²) < 4.78 is 38.2. The zero-order valence-corrected chi connectivity index (χ0v) is 11.9. The van der Waals surface area contributed by atoms with Crippen molar-refractivity contribution in [2.75, 3.05) is 4.90 Å². The van der Waals surface area contributed by atoms with Crippen LogP contribution in [-0.2, 0) is 15.8 Å². The van der Waals surface area contributed by atoms with Gasteiger partial charge in [0.2, 0.25) is 5.91 Å². The Hall–Kier alpha value is -2.05. The summed E-state index contributed by atoms with van der Waals surface area (Å²) in [4.78, 5) is 24.1. The van der Waals surface area contributed by atoms with Crippen molar-refractivity contribution in [2.45, 2.75) is 33.0 Å². The SMILES string of the molecule is CC(=O)N(c1cccc(C(F)(F)F)c1)C(C([NH])=O)C(C)C. The smallest absolute Gasteiger partial charge is 0.300 e. The molecule has 1 N–H and O–H groups in total. The van der Waals surface area contributed by atoms with Crippen LogP contribution in [0.2, 0.25) is 0 Å². The lowest BCUT2D eigenvalue weighted by Gasteiger charge is -2.31. The molecule has 0 spiro atoms. The number of anilines is 1. The Bertz CT molecular complexity index is 541. The van der Waals surface area contributed by atoms with Crippen LogP contribution < -0.4 is 10.6 Å². The molecule has 1 aromatic carbocycles. The predicted octanol–water partition coefficient (Wildman–Crippen LogP) is 2.89. The van der Waals surface area contributed by atoms with E-state index in [-0.39, 0.29) is 5.69 Å². The minimum absolute atomic E-state index is 0.0448. The molecule has 2 amide bonds. The normalized spacial score (nSPS) is 13.1. The van der Waals surface area contributed by atoms with Crippen molar-refractivity contribution in [3.05, 3.63) is 29.8 Å². The second-order valence-corrected chi connectivity index (χ2v) is 4.99. The molecule has 0 aromatic heterocycles. The van der Waals surface area contributed by atoms with E-state index in [9.17, 15) is 22.8 Å². The second kappa shape index (κ2) is 6.15. The van der Waals surface area contributed by atoms with Gasteiger partial charge in [0.15, 0.2) is 0 Å². The second-order valence-electron chi connectivity index (χ2n) is 4.99. The highest BCUT2D eigenvalue weighted by Gasteiger charge is 2.34. The van der Waals surface area contributed by atoms with Gasteiger partial charge >= 0.3 is 6.18 Å². The van der Waals surface area contributed by atoms with Crippen molar-refractivity contribution < 1.29 is 22.8 Å². The van der Waals surface area contributed by atoms with Gasteiger partial charge in [0.25, 0.3) is 5.91 Å². The maximum Gasteiger partial charge on any atom is 0.416 e. The largest absolute Gasteiger partial charge is 0.416 e. The number of halogens is 3. The van der Waals surface area contributed by atoms with Crippen LogP contribution in [0.4, 0.5) is 18.9 Å². The molecule has 0 heterocycles. The zero-order valence-electron chi connectivity index (χ0n) is 11.9. The first-order valence-electron chi connectivity index (χ1n) is 6.28. The molecular formula is C14H16F3N2O2. The number of nitrogens with zero attached hydrogens (tertiary/aromatic N) is 1. The summed E-state index contributed by atoms with van der Waals surface area (Å²) in [5, 5.41) is 0. The van der Waals surface area contributed by atoms with Gasteiger partial charge in [-0.2, -0.15) is 13.2 Å². The maximum atomic E-state index is 12.7. The molecule has 1 aromatic rings. The summed E-state index contributed by atoms with van der Waals surface area (Å²) in [7, 11) is 0. The third-order valence-corrected chi connectivity index (χ3v) is 2.97. The van der Waals surface area contributed by atoms with Gasteiger partial charge in [-0.25, -0.2) is 0 Å². The monoisotopic (exact) mass is 301 g/mol. The molecular weight excluding hydrogens is 285 g/mol. The summed E-state index contributed by atoms with van der Waals surface area (Å²) in [6.07, 6.45) is -4.54. The highest BCUT2D eigenvalue weighted by Crippen LogP contribution is 2.32. The Labute approximate surface area is 120 Å². The standard InChI is InChI=1S/C14H16F3N2O2/c1-8(2)12(13(18)21)19(9(3)20)11-6-4-5-10(7-11)14(15,16)17/h4-8,12,18H,1-3H3. The molecule has 21 heavy (non-hydrogen) atoms. The topological polar surface area (TPSA) is 61.2 Å². The Morgan fingerprint density at radius 1 is 1.24 bits per heavy atom. The third-order valence-electron chi connectivity index (χ3n) is 2.97. The van der Waals surface area contributed by atoms with Gasteiger partial charge in [-0.15, -0.1) is 0 Å². The average molecular weight is 301 g/mol. The summed E-state index contributed by atoms with van der Waals surface area (Å²) in [6, 6.07) is 3.05. The lowest BCUT2D eigenvalue weighted by Crippen LogP contribution is -2.48. The van der Waals surface area contributed by atoms with Crippen molar-refractivity contribution in [1.82, 2.24) is 5.73 Å². The quantitative estimate of drug-likeness (QED) is 0.858. The van der Waals surface area contributed by atoms with E-state index in [1.165, 1.54) is 12.1 Å². The number of nitrogens with one attached hydrogen (secondary N) is 1. The molecule has 0 aliphatic carbocycles. The van der Waals surface area contributed by atoms with Gasteiger partial charge in [0.05, 0.1) is 5.56 Å². The van der Waals surface area contributed by atoms with Gasteiger partial charge in [-0.3, -0.25) is 20.2 Å². The fourth-order valence-electron chi connectivity index (χ4n) is 2.09. The molecule has 0 saturated carbocycles. The summed E-state index contributed by atoms with van der Waals surface area (Å²) in [6.45, 7) is 4.40. The molecule has 4 nitrogen and oxygen atoms in total. The number of benzene rings is 1. The Kier molecular flexibility index (Phi) is 4.98. The van der Waals surface area contributed by atoms with Crippen LogP contribution in [0.25, 0.3) is 0 Å². The van der Waals surface area contributed by atoms with E-state index in [0.29, 0.717) is 0 Å². The molecule has 0 aliphatic heterocycles. The highest BCUT2D eigenvalue weighted by atomic mass is 19.4. The zero-order chi connectivity index (χ0) is 16.4. The molecule has 1 unspecified atom stereocenters. The van der Waals surface area contributed by atoms with Crippen LogP contribution in [0.5, 0.6) is 0 Å². The third kappa shape index (κ3) is 3.96. The maximum absolute atomic E-state index is 12.7. The first-order chi connectivity index (χ1) is 9.55. The predicted molar refractivity (Wildman–Crippen MR) is 71.3 cm³/mol. The summed E-state index contributed by atoms with van der Waals surface area (Å²) in [5.41, 5.74) is 6.30. The van der Waals surface area contributed by atoms with Crippen LogP contribution in [0, 0.1) is 5.92 Å². The lowest BCUT2D eigenvalue weighted by molar-refractivity contribution is -0.137. The highest BCUT2D eigenvalue weighted by molar-refractivity contribution is 5.99. The Balaban J connectivity index is 3.36. The van der Waals surface area contributed by atoms with Crippen molar-refractivity contribution in [1.29, 1.82) is 0 Å². The molecule has 1 atom stereocenters. The minimum atomic E-state index is -4.54. The molecule has 115 valence electrons. The van der Waals surface area contributed by atoms with E-state index in [4.69, 9.17) is 5.73 Å². The number of carbonyl (C=O) groups is 2. The molecule has 0 saturated heterocycles. The Morgan fingerprint density at radius 2 is 1.81 bits per heavy atom.